The van der Waals surface area contributed by atoms with Gasteiger partial charge in [-0.25, -0.2) is 20.1 Å². The van der Waals surface area contributed by atoms with Crippen LogP contribution in [-0.4, -0.2) is 12.3 Å². The van der Waals surface area contributed by atoms with Gasteiger partial charge >= 0.3 is 12.3 Å². The Hall–Kier alpha value is 1.11. The van der Waals surface area contributed by atoms with Crippen molar-refractivity contribution in [2.24, 2.45) is 0 Å². The lowest BCUT2D eigenvalue weighted by atomic mass is 10.6. The van der Waals surface area contributed by atoms with Gasteiger partial charge in [-0.05, 0) is 0 Å². The molecule has 0 saturated carbocycles. The molecule has 0 unspecified atom stereocenters. The molecule has 0 saturated heterocycles. The van der Waals surface area contributed by atoms with E-state index in [1.54, 1.807) is 0 Å². The Bertz CT molecular complexity index is 31.6. The molecule has 0 amide bonds. The van der Waals surface area contributed by atoms with E-state index in [1.165, 1.54) is 6.42 Å². The second kappa shape index (κ2) is 11.0. The second-order valence-corrected chi connectivity index (χ2v) is 6.94. The van der Waals surface area contributed by atoms with Crippen molar-refractivity contribution in [2.45, 2.75) is 32.5 Å². The Kier molecular flexibility index (Phi) is 16.3. The van der Waals surface area contributed by atoms with Crippen LogP contribution in [0.4, 0.5) is 0 Å². The lowest BCUT2D eigenvalue weighted by Crippen LogP contribution is -1.83. The Morgan fingerprint density at radius 3 is 1.25 bits per heavy atom. The first-order valence-corrected chi connectivity index (χ1v) is 7.27. The number of halogens is 2. The van der Waals surface area contributed by atoms with Crippen LogP contribution in [-0.2, 0) is 0 Å². The fraction of sp³-hybridized carbons (Fsp3) is 1.00. The molecule has 0 aromatic carbocycles. The highest BCUT2D eigenvalue weighted by Crippen LogP contribution is 1.98. The van der Waals surface area contributed by atoms with Crippen LogP contribution in [0.25, 0.3) is 0 Å². The van der Waals surface area contributed by atoms with Crippen LogP contribution >= 0.6 is 20.1 Å². The summed E-state index contributed by atoms with van der Waals surface area (Å²) in [4.78, 5) is 0. The van der Waals surface area contributed by atoms with E-state index < -0.39 is 12.3 Å². The van der Waals surface area contributed by atoms with Crippen molar-refractivity contribution in [1.82, 2.24) is 0 Å². The van der Waals surface area contributed by atoms with Crippen molar-refractivity contribution >= 4 is 32.4 Å². The zero-order chi connectivity index (χ0) is 6.99. The summed E-state index contributed by atoms with van der Waals surface area (Å²) < 4.78 is 0. The molecule has 0 aliphatic rings. The molecule has 0 rings (SSSR count). The van der Waals surface area contributed by atoms with Gasteiger partial charge in [-0.15, -0.1) is 0 Å². The Morgan fingerprint density at radius 1 is 1.12 bits per heavy atom. The van der Waals surface area contributed by atoms with Gasteiger partial charge in [0.05, 0.1) is 0 Å². The lowest BCUT2D eigenvalue weighted by Gasteiger charge is -1.74. The standard InChI is InChI=1S/C3H8.C2H5.Al.2ClH/c1-3-2;1-2;;;/h3H2,1-2H3;1H2,2H3;;2*1H/q;;+2;;/p-2. The van der Waals surface area contributed by atoms with E-state index in [-0.39, 0.29) is 0 Å². The Morgan fingerprint density at radius 2 is 1.25 bits per heavy atom. The number of hydrogen-bond acceptors (Lipinski definition) is 0. The first kappa shape index (κ1) is 11.9. The quantitative estimate of drug-likeness (QED) is 0.530. The molecule has 8 heavy (non-hydrogen) atoms. The molecule has 0 bridgehead atoms. The fourth-order valence-corrected chi connectivity index (χ4v) is 0. The zero-order valence-electron chi connectivity index (χ0n) is 5.75. The molecule has 0 aliphatic carbocycles. The summed E-state index contributed by atoms with van der Waals surface area (Å²) in [5.74, 6) is 0. The van der Waals surface area contributed by atoms with Crippen molar-refractivity contribution < 1.29 is 0 Å². The fourth-order valence-electron chi connectivity index (χ4n) is 0. The van der Waals surface area contributed by atoms with Crippen LogP contribution in [0, 0.1) is 0 Å². The summed E-state index contributed by atoms with van der Waals surface area (Å²) in [6.45, 7) is 6.25. The maximum Gasteiger partial charge on any atom is 0.519 e. The summed E-state index contributed by atoms with van der Waals surface area (Å²) >= 11 is -1.21. The van der Waals surface area contributed by atoms with Gasteiger partial charge in [0.25, 0.3) is 0 Å². The van der Waals surface area contributed by atoms with Gasteiger partial charge < -0.3 is 0 Å². The van der Waals surface area contributed by atoms with E-state index in [0.29, 0.717) is 0 Å². The molecule has 50 valence electrons. The van der Waals surface area contributed by atoms with Gasteiger partial charge in [-0.2, -0.15) is 0 Å². The average molecular weight is 171 g/mol. The molecule has 0 N–H and O–H groups in total. The molecule has 0 heterocycles. The SMILES string of the molecule is CCC.C[CH2][Al]([Cl])[Cl]. The van der Waals surface area contributed by atoms with Crippen molar-refractivity contribution in [1.29, 1.82) is 0 Å². The van der Waals surface area contributed by atoms with Crippen molar-refractivity contribution in [3.63, 3.8) is 0 Å². The summed E-state index contributed by atoms with van der Waals surface area (Å²) in [6, 6.07) is 0. The third-order valence-electron chi connectivity index (χ3n) is 0.309. The minimum Gasteiger partial charge on any atom is -0.234 e. The molecular weight excluding hydrogens is 158 g/mol. The van der Waals surface area contributed by atoms with Crippen LogP contribution in [0.1, 0.15) is 27.2 Å². The molecule has 3 heteroatoms. The van der Waals surface area contributed by atoms with Crippen molar-refractivity contribution in [3.05, 3.63) is 0 Å². The van der Waals surface area contributed by atoms with E-state index in [2.05, 4.69) is 13.8 Å². The molecule has 0 atom stereocenters. The Balaban J connectivity index is 0. The summed E-state index contributed by atoms with van der Waals surface area (Å²) in [5, 5.41) is 0.975. The highest BCUT2D eigenvalue weighted by Gasteiger charge is 2.02. The topological polar surface area (TPSA) is 0 Å². The van der Waals surface area contributed by atoms with E-state index in [9.17, 15) is 0 Å². The summed E-state index contributed by atoms with van der Waals surface area (Å²) in [6.07, 6.45) is 1.25. The van der Waals surface area contributed by atoms with Gasteiger partial charge in [0.15, 0.2) is 0 Å². The molecular formula is C5H13AlCl2. The highest BCUT2D eigenvalue weighted by atomic mass is 35.7. The predicted molar refractivity (Wildman–Crippen MR) is 43.9 cm³/mol. The van der Waals surface area contributed by atoms with Crippen LogP contribution in [0.5, 0.6) is 0 Å². The maximum atomic E-state index is 5.37. The van der Waals surface area contributed by atoms with E-state index in [0.717, 1.165) is 5.28 Å². The zero-order valence-corrected chi connectivity index (χ0v) is 8.41. The van der Waals surface area contributed by atoms with Gasteiger partial charge in [0.2, 0.25) is 0 Å². The maximum absolute atomic E-state index is 5.37. The van der Waals surface area contributed by atoms with Crippen molar-refractivity contribution in [2.75, 3.05) is 0 Å². The normalized spacial score (nSPS) is 7.12. The van der Waals surface area contributed by atoms with E-state index >= 15 is 0 Å². The van der Waals surface area contributed by atoms with E-state index in [4.69, 9.17) is 20.1 Å². The molecule has 0 nitrogen and oxygen atoms in total. The van der Waals surface area contributed by atoms with Crippen molar-refractivity contribution in [3.8, 4) is 0 Å². The van der Waals surface area contributed by atoms with Crippen LogP contribution in [0.3, 0.4) is 0 Å². The first-order valence-electron chi connectivity index (χ1n) is 2.97. The predicted octanol–water partition coefficient (Wildman–Crippen LogP) is 3.39. The summed E-state index contributed by atoms with van der Waals surface area (Å²) in [5.41, 5.74) is 0. The van der Waals surface area contributed by atoms with Gasteiger partial charge in [0, 0.05) is 0 Å². The minimum absolute atomic E-state index is 0.975. The first-order chi connectivity index (χ1) is 3.68. The monoisotopic (exact) mass is 170 g/mol. The molecule has 0 fully saturated rings. The van der Waals surface area contributed by atoms with E-state index in [1.807, 2.05) is 6.92 Å². The van der Waals surface area contributed by atoms with Gasteiger partial charge in [-0.1, -0.05) is 32.5 Å². The highest BCUT2D eigenvalue weighted by molar-refractivity contribution is 7.33. The van der Waals surface area contributed by atoms with Gasteiger partial charge in [-0.3, -0.25) is 0 Å². The van der Waals surface area contributed by atoms with Crippen LogP contribution in [0.15, 0.2) is 0 Å². The lowest BCUT2D eigenvalue weighted by molar-refractivity contribution is 1.09. The van der Waals surface area contributed by atoms with Crippen LogP contribution in [0.2, 0.25) is 5.28 Å². The number of hydrogen-bond donors (Lipinski definition) is 0. The number of rotatable bonds is 1. The third kappa shape index (κ3) is 27.4. The largest absolute Gasteiger partial charge is 0.519 e. The molecule has 0 aromatic rings. The molecule has 0 aromatic heterocycles. The molecule has 0 aliphatic heterocycles. The minimum atomic E-state index is -1.21. The molecule has 0 radical (unpaired) electrons. The van der Waals surface area contributed by atoms with Crippen LogP contribution < -0.4 is 0 Å². The molecule has 0 spiro atoms. The second-order valence-electron chi connectivity index (χ2n) is 1.51. The average Bonchev–Trinajstić information content (AvgIpc) is 1.69. The Labute approximate surface area is 65.0 Å². The van der Waals surface area contributed by atoms with Gasteiger partial charge in [0.1, 0.15) is 0 Å². The third-order valence-corrected chi connectivity index (χ3v) is 2.78. The smallest absolute Gasteiger partial charge is 0.234 e. The summed E-state index contributed by atoms with van der Waals surface area (Å²) in [7, 11) is 10.7.